The summed E-state index contributed by atoms with van der Waals surface area (Å²) < 4.78 is 21.1. The lowest BCUT2D eigenvalue weighted by Gasteiger charge is -2.22. The summed E-state index contributed by atoms with van der Waals surface area (Å²) in [4.78, 5) is 26.7. The number of carbonyl (C=O) groups excluding carboxylic acids is 2. The summed E-state index contributed by atoms with van der Waals surface area (Å²) in [5.41, 5.74) is 1.13. The van der Waals surface area contributed by atoms with Crippen LogP contribution in [0.3, 0.4) is 0 Å². The van der Waals surface area contributed by atoms with Crippen molar-refractivity contribution in [3.05, 3.63) is 53.6 Å². The molecule has 0 fully saturated rings. The summed E-state index contributed by atoms with van der Waals surface area (Å²) >= 11 is 0. The predicted octanol–water partition coefficient (Wildman–Crippen LogP) is 2.92. The lowest BCUT2D eigenvalue weighted by Crippen LogP contribution is -2.37. The summed E-state index contributed by atoms with van der Waals surface area (Å²) in [6.07, 6.45) is -0.959. The SMILES string of the molecule is COc1ccc(C(=O)OC(C)C(=O)N(C)Cc2ccccc2)c(OC)c1OC. The van der Waals surface area contributed by atoms with Crippen LogP contribution in [-0.4, -0.2) is 51.3 Å². The lowest BCUT2D eigenvalue weighted by molar-refractivity contribution is -0.139. The third-order valence-corrected chi connectivity index (χ3v) is 4.19. The summed E-state index contributed by atoms with van der Waals surface area (Å²) in [6, 6.07) is 12.6. The van der Waals surface area contributed by atoms with Crippen LogP contribution in [0.4, 0.5) is 0 Å². The van der Waals surface area contributed by atoms with Crippen LogP contribution in [0.1, 0.15) is 22.8 Å². The highest BCUT2D eigenvalue weighted by molar-refractivity contribution is 5.96. The van der Waals surface area contributed by atoms with Crippen LogP contribution in [0.25, 0.3) is 0 Å². The van der Waals surface area contributed by atoms with Gasteiger partial charge in [0.15, 0.2) is 17.6 Å². The normalized spacial score (nSPS) is 11.3. The highest BCUT2D eigenvalue weighted by Gasteiger charge is 2.26. The molecule has 0 aliphatic carbocycles. The predicted molar refractivity (Wildman–Crippen MR) is 104 cm³/mol. The van der Waals surface area contributed by atoms with Crippen LogP contribution in [0.5, 0.6) is 17.2 Å². The number of methoxy groups -OCH3 is 3. The first-order valence-electron chi connectivity index (χ1n) is 8.71. The lowest BCUT2D eigenvalue weighted by atomic mass is 10.1. The highest BCUT2D eigenvalue weighted by atomic mass is 16.6. The molecule has 0 aliphatic rings. The fourth-order valence-corrected chi connectivity index (χ4v) is 2.78. The molecule has 0 aliphatic heterocycles. The number of carbonyl (C=O) groups is 2. The summed E-state index contributed by atoms with van der Waals surface area (Å²) in [7, 11) is 6.01. The van der Waals surface area contributed by atoms with Crippen LogP contribution in [0.2, 0.25) is 0 Å². The van der Waals surface area contributed by atoms with E-state index >= 15 is 0 Å². The van der Waals surface area contributed by atoms with Gasteiger partial charge in [-0.1, -0.05) is 30.3 Å². The van der Waals surface area contributed by atoms with Gasteiger partial charge < -0.3 is 23.8 Å². The minimum atomic E-state index is -0.959. The molecule has 2 rings (SSSR count). The highest BCUT2D eigenvalue weighted by Crippen LogP contribution is 2.40. The average molecular weight is 387 g/mol. The van der Waals surface area contributed by atoms with Crippen LogP contribution >= 0.6 is 0 Å². The number of hydrogen-bond donors (Lipinski definition) is 0. The van der Waals surface area contributed by atoms with Crippen LogP contribution in [-0.2, 0) is 16.1 Å². The van der Waals surface area contributed by atoms with Crippen LogP contribution in [0, 0.1) is 0 Å². The molecule has 0 spiro atoms. The largest absolute Gasteiger partial charge is 0.493 e. The molecule has 1 amide bonds. The molecule has 150 valence electrons. The molecule has 2 aromatic carbocycles. The fraction of sp³-hybridized carbons (Fsp3) is 0.333. The molecule has 0 saturated carbocycles. The molecule has 0 bridgehead atoms. The summed E-state index contributed by atoms with van der Waals surface area (Å²) in [5.74, 6) is -0.116. The standard InChI is InChI=1S/C21H25NO6/c1-14(20(23)22(2)13-15-9-7-6-8-10-15)28-21(24)16-11-12-17(25-3)19(27-5)18(16)26-4/h6-12,14H,13H2,1-5H3. The van der Waals surface area contributed by atoms with E-state index in [1.807, 2.05) is 30.3 Å². The van der Waals surface area contributed by atoms with E-state index in [1.165, 1.54) is 39.2 Å². The Hall–Kier alpha value is -3.22. The van der Waals surface area contributed by atoms with Gasteiger partial charge in [-0.15, -0.1) is 0 Å². The van der Waals surface area contributed by atoms with Crippen molar-refractivity contribution in [2.24, 2.45) is 0 Å². The minimum Gasteiger partial charge on any atom is -0.493 e. The molecule has 7 nitrogen and oxygen atoms in total. The smallest absolute Gasteiger partial charge is 0.342 e. The van der Waals surface area contributed by atoms with E-state index in [2.05, 4.69) is 0 Å². The second-order valence-corrected chi connectivity index (χ2v) is 6.11. The molecule has 0 radical (unpaired) electrons. The minimum absolute atomic E-state index is 0.144. The van der Waals surface area contributed by atoms with Crippen molar-refractivity contribution in [3.63, 3.8) is 0 Å². The van der Waals surface area contributed by atoms with Gasteiger partial charge in [-0.3, -0.25) is 4.79 Å². The van der Waals surface area contributed by atoms with Crippen LogP contribution in [0.15, 0.2) is 42.5 Å². The first-order valence-corrected chi connectivity index (χ1v) is 8.71. The number of benzene rings is 2. The molecule has 7 heteroatoms. The molecule has 1 unspecified atom stereocenters. The van der Waals surface area contributed by atoms with Gasteiger partial charge in [0.2, 0.25) is 5.75 Å². The average Bonchev–Trinajstić information content (AvgIpc) is 2.72. The topological polar surface area (TPSA) is 74.3 Å². The maximum atomic E-state index is 12.6. The Morgan fingerprint density at radius 1 is 0.929 bits per heavy atom. The van der Waals surface area contributed by atoms with Crippen molar-refractivity contribution < 1.29 is 28.5 Å². The zero-order valence-corrected chi connectivity index (χ0v) is 16.7. The van der Waals surface area contributed by atoms with Gasteiger partial charge in [-0.2, -0.15) is 0 Å². The van der Waals surface area contributed by atoms with Crippen molar-refractivity contribution in [3.8, 4) is 17.2 Å². The third kappa shape index (κ3) is 4.73. The fourth-order valence-electron chi connectivity index (χ4n) is 2.78. The van der Waals surface area contributed by atoms with Crippen LogP contribution < -0.4 is 14.2 Å². The number of rotatable bonds is 8. The Kier molecular flexibility index (Phi) is 7.26. The second kappa shape index (κ2) is 9.64. The monoisotopic (exact) mass is 387 g/mol. The van der Waals surface area contributed by atoms with Crippen molar-refractivity contribution in [1.29, 1.82) is 0 Å². The van der Waals surface area contributed by atoms with E-state index in [4.69, 9.17) is 18.9 Å². The Labute approximate surface area is 164 Å². The van der Waals surface area contributed by atoms with Gasteiger partial charge in [0.1, 0.15) is 5.56 Å². The summed E-state index contributed by atoms with van der Waals surface area (Å²) in [5, 5.41) is 0. The van der Waals surface area contributed by atoms with Gasteiger partial charge in [0.25, 0.3) is 5.91 Å². The molecular weight excluding hydrogens is 362 g/mol. The van der Waals surface area contributed by atoms with E-state index in [1.54, 1.807) is 13.1 Å². The molecule has 0 N–H and O–H groups in total. The first-order chi connectivity index (χ1) is 13.4. The maximum absolute atomic E-state index is 12.6. The molecule has 2 aromatic rings. The number of likely N-dealkylation sites (N-methyl/N-ethyl adjacent to an activating group) is 1. The Balaban J connectivity index is 2.12. The Bertz CT molecular complexity index is 821. The van der Waals surface area contributed by atoms with Gasteiger partial charge in [-0.25, -0.2) is 4.79 Å². The molecule has 1 atom stereocenters. The van der Waals surface area contributed by atoms with E-state index in [9.17, 15) is 9.59 Å². The quantitative estimate of drug-likeness (QED) is 0.649. The zero-order chi connectivity index (χ0) is 20.7. The van der Waals surface area contributed by atoms with Gasteiger partial charge in [0, 0.05) is 13.6 Å². The number of hydrogen-bond acceptors (Lipinski definition) is 6. The van der Waals surface area contributed by atoms with Gasteiger partial charge in [-0.05, 0) is 24.6 Å². The molecule has 0 aromatic heterocycles. The Morgan fingerprint density at radius 3 is 2.14 bits per heavy atom. The van der Waals surface area contributed by atoms with E-state index in [-0.39, 0.29) is 23.0 Å². The number of ether oxygens (including phenoxy) is 4. The van der Waals surface area contributed by atoms with Crippen molar-refractivity contribution >= 4 is 11.9 Å². The molecule has 0 heterocycles. The Morgan fingerprint density at radius 2 is 1.57 bits per heavy atom. The number of esters is 1. The molecule has 28 heavy (non-hydrogen) atoms. The van der Waals surface area contributed by atoms with E-state index in [0.717, 1.165) is 5.56 Å². The zero-order valence-electron chi connectivity index (χ0n) is 16.7. The third-order valence-electron chi connectivity index (χ3n) is 4.19. The number of nitrogens with zero attached hydrogens (tertiary/aromatic N) is 1. The van der Waals surface area contributed by atoms with Crippen molar-refractivity contribution in [2.75, 3.05) is 28.4 Å². The first kappa shape index (κ1) is 21.1. The molecular formula is C21H25NO6. The van der Waals surface area contributed by atoms with Crippen molar-refractivity contribution in [1.82, 2.24) is 4.90 Å². The second-order valence-electron chi connectivity index (χ2n) is 6.11. The van der Waals surface area contributed by atoms with E-state index in [0.29, 0.717) is 12.3 Å². The van der Waals surface area contributed by atoms with Crippen molar-refractivity contribution in [2.45, 2.75) is 19.6 Å². The molecule has 0 saturated heterocycles. The van der Waals surface area contributed by atoms with E-state index < -0.39 is 12.1 Å². The number of amides is 1. The maximum Gasteiger partial charge on any atom is 0.342 e. The summed E-state index contributed by atoms with van der Waals surface area (Å²) in [6.45, 7) is 1.95. The van der Waals surface area contributed by atoms with Gasteiger partial charge >= 0.3 is 5.97 Å². The van der Waals surface area contributed by atoms with Gasteiger partial charge in [0.05, 0.1) is 21.3 Å².